The van der Waals surface area contributed by atoms with E-state index in [0.717, 1.165) is 11.1 Å². The molecule has 1 unspecified atom stereocenters. The lowest BCUT2D eigenvalue weighted by atomic mass is 10.1. The number of aromatic nitrogens is 2. The largest absolute Gasteiger partial charge is 0.480 e. The van der Waals surface area contributed by atoms with Crippen molar-refractivity contribution in [3.63, 3.8) is 0 Å². The van der Waals surface area contributed by atoms with E-state index >= 15 is 0 Å². The minimum atomic E-state index is -3.84. The van der Waals surface area contributed by atoms with E-state index in [4.69, 9.17) is 4.74 Å². The van der Waals surface area contributed by atoms with Gasteiger partial charge in [0, 0.05) is 18.1 Å². The van der Waals surface area contributed by atoms with Crippen molar-refractivity contribution in [2.24, 2.45) is 0 Å². The van der Waals surface area contributed by atoms with Gasteiger partial charge in [-0.3, -0.25) is 4.79 Å². The second-order valence-corrected chi connectivity index (χ2v) is 8.59. The van der Waals surface area contributed by atoms with Gasteiger partial charge in [-0.1, -0.05) is 19.1 Å². The Balaban J connectivity index is 1.68. The van der Waals surface area contributed by atoms with E-state index in [0.29, 0.717) is 17.9 Å². The second kappa shape index (κ2) is 9.57. The van der Waals surface area contributed by atoms with Crippen molar-refractivity contribution >= 4 is 27.6 Å². The highest BCUT2D eigenvalue weighted by Gasteiger charge is 2.20. The van der Waals surface area contributed by atoms with E-state index in [1.165, 1.54) is 36.7 Å². The van der Waals surface area contributed by atoms with Gasteiger partial charge in [-0.05, 0) is 67.8 Å². The SMILES string of the molecule is CCC(Oc1cccc(C)c1C)C(=O)Nc1ccc(S(=O)(=O)Nc2ncccn2)cc1. The molecule has 0 saturated heterocycles. The predicted molar refractivity (Wildman–Crippen MR) is 119 cm³/mol. The maximum absolute atomic E-state index is 12.7. The van der Waals surface area contributed by atoms with Crippen LogP contribution < -0.4 is 14.8 Å². The molecule has 1 amide bonds. The van der Waals surface area contributed by atoms with Crippen LogP contribution in [-0.4, -0.2) is 30.4 Å². The molecule has 1 heterocycles. The van der Waals surface area contributed by atoms with Gasteiger partial charge >= 0.3 is 0 Å². The number of rotatable bonds is 8. The first kappa shape index (κ1) is 22.2. The standard InChI is InChI=1S/C22H24N4O4S/c1-4-19(30-20-8-5-7-15(2)16(20)3)21(27)25-17-9-11-18(12-10-17)31(28,29)26-22-23-13-6-14-24-22/h5-14,19H,4H2,1-3H3,(H,25,27)(H,23,24,26). The molecule has 9 heteroatoms. The minimum absolute atomic E-state index is 0.0192. The molecule has 0 aliphatic carbocycles. The van der Waals surface area contributed by atoms with Crippen LogP contribution in [0.5, 0.6) is 5.75 Å². The summed E-state index contributed by atoms with van der Waals surface area (Å²) in [6.45, 7) is 5.79. The normalized spacial score (nSPS) is 12.1. The molecular formula is C22H24N4O4S. The molecule has 0 radical (unpaired) electrons. The van der Waals surface area contributed by atoms with Gasteiger partial charge in [0.2, 0.25) is 5.95 Å². The van der Waals surface area contributed by atoms with Crippen molar-refractivity contribution in [3.05, 3.63) is 72.1 Å². The Morgan fingerprint density at radius 1 is 1.03 bits per heavy atom. The molecule has 0 fully saturated rings. The molecule has 0 aliphatic rings. The lowest BCUT2D eigenvalue weighted by Crippen LogP contribution is -2.32. The lowest BCUT2D eigenvalue weighted by molar-refractivity contribution is -0.122. The van der Waals surface area contributed by atoms with Crippen molar-refractivity contribution < 1.29 is 17.9 Å². The number of nitrogens with zero attached hydrogens (tertiary/aromatic N) is 2. The molecule has 2 aromatic carbocycles. The van der Waals surface area contributed by atoms with Crippen LogP contribution in [0, 0.1) is 13.8 Å². The van der Waals surface area contributed by atoms with Crippen LogP contribution in [-0.2, 0) is 14.8 Å². The molecule has 0 aliphatic heterocycles. The Labute approximate surface area is 181 Å². The van der Waals surface area contributed by atoms with Gasteiger partial charge in [0.05, 0.1) is 4.90 Å². The molecule has 3 rings (SSSR count). The molecule has 8 nitrogen and oxygen atoms in total. The van der Waals surface area contributed by atoms with Crippen LogP contribution in [0.4, 0.5) is 11.6 Å². The van der Waals surface area contributed by atoms with Gasteiger partial charge in [-0.2, -0.15) is 0 Å². The number of aryl methyl sites for hydroxylation is 1. The number of hydrogen-bond acceptors (Lipinski definition) is 6. The van der Waals surface area contributed by atoms with Gasteiger partial charge in [0.15, 0.2) is 6.10 Å². The highest BCUT2D eigenvalue weighted by atomic mass is 32.2. The number of nitrogens with one attached hydrogen (secondary N) is 2. The Morgan fingerprint density at radius 2 is 1.71 bits per heavy atom. The maximum Gasteiger partial charge on any atom is 0.265 e. The zero-order valence-corrected chi connectivity index (χ0v) is 18.3. The van der Waals surface area contributed by atoms with Gasteiger partial charge in [0.25, 0.3) is 15.9 Å². The average Bonchev–Trinajstić information content (AvgIpc) is 2.75. The van der Waals surface area contributed by atoms with E-state index in [1.807, 2.05) is 39.0 Å². The third-order valence-corrected chi connectivity index (χ3v) is 6.06. The third-order valence-electron chi connectivity index (χ3n) is 4.71. The second-order valence-electron chi connectivity index (χ2n) is 6.90. The fourth-order valence-electron chi connectivity index (χ4n) is 2.80. The Bertz CT molecular complexity index is 1150. The summed E-state index contributed by atoms with van der Waals surface area (Å²) in [6.07, 6.45) is 2.68. The van der Waals surface area contributed by atoms with Gasteiger partial charge in [0.1, 0.15) is 5.75 Å². The summed E-state index contributed by atoms with van der Waals surface area (Å²) in [5, 5.41) is 2.77. The first-order chi connectivity index (χ1) is 14.8. The van der Waals surface area contributed by atoms with E-state index in [2.05, 4.69) is 20.0 Å². The number of carbonyl (C=O) groups is 1. The fraction of sp³-hybridized carbons (Fsp3) is 0.227. The van der Waals surface area contributed by atoms with Crippen molar-refractivity contribution in [2.45, 2.75) is 38.2 Å². The van der Waals surface area contributed by atoms with Crippen LogP contribution in [0.15, 0.2) is 65.8 Å². The van der Waals surface area contributed by atoms with Gasteiger partial charge in [-0.15, -0.1) is 0 Å². The fourth-order valence-corrected chi connectivity index (χ4v) is 3.76. The third kappa shape index (κ3) is 5.58. The van der Waals surface area contributed by atoms with Crippen LogP contribution >= 0.6 is 0 Å². The van der Waals surface area contributed by atoms with Crippen molar-refractivity contribution in [2.75, 3.05) is 10.0 Å². The molecule has 162 valence electrons. The summed E-state index contributed by atoms with van der Waals surface area (Å²) in [5.41, 5.74) is 2.53. The van der Waals surface area contributed by atoms with E-state index in [1.54, 1.807) is 6.07 Å². The number of ether oxygens (including phenoxy) is 1. The number of amides is 1. The monoisotopic (exact) mass is 440 g/mol. The maximum atomic E-state index is 12.7. The highest BCUT2D eigenvalue weighted by Crippen LogP contribution is 2.23. The molecule has 3 aromatic rings. The number of sulfonamides is 1. The first-order valence-corrected chi connectivity index (χ1v) is 11.2. The van der Waals surface area contributed by atoms with E-state index in [9.17, 15) is 13.2 Å². The Hall–Kier alpha value is -3.46. The van der Waals surface area contributed by atoms with Crippen LogP contribution in [0.2, 0.25) is 0 Å². The topological polar surface area (TPSA) is 110 Å². The smallest absolute Gasteiger partial charge is 0.265 e. The highest BCUT2D eigenvalue weighted by molar-refractivity contribution is 7.92. The quantitative estimate of drug-likeness (QED) is 0.553. The summed E-state index contributed by atoms with van der Waals surface area (Å²) in [5.74, 6) is 0.335. The summed E-state index contributed by atoms with van der Waals surface area (Å²) < 4.78 is 33.1. The molecule has 1 aromatic heterocycles. The summed E-state index contributed by atoms with van der Waals surface area (Å²) in [7, 11) is -3.84. The minimum Gasteiger partial charge on any atom is -0.480 e. The number of anilines is 2. The first-order valence-electron chi connectivity index (χ1n) is 9.74. The zero-order chi connectivity index (χ0) is 22.4. The van der Waals surface area contributed by atoms with Gasteiger partial charge < -0.3 is 10.1 Å². The van der Waals surface area contributed by atoms with Crippen LogP contribution in [0.1, 0.15) is 24.5 Å². The number of benzene rings is 2. The van der Waals surface area contributed by atoms with Gasteiger partial charge in [-0.25, -0.2) is 23.1 Å². The van der Waals surface area contributed by atoms with Crippen molar-refractivity contribution in [1.82, 2.24) is 9.97 Å². The van der Waals surface area contributed by atoms with E-state index in [-0.39, 0.29) is 16.8 Å². The van der Waals surface area contributed by atoms with Crippen LogP contribution in [0.3, 0.4) is 0 Å². The van der Waals surface area contributed by atoms with Crippen molar-refractivity contribution in [3.8, 4) is 5.75 Å². The molecular weight excluding hydrogens is 416 g/mol. The number of hydrogen-bond donors (Lipinski definition) is 2. The molecule has 0 spiro atoms. The molecule has 2 N–H and O–H groups in total. The summed E-state index contributed by atoms with van der Waals surface area (Å²) >= 11 is 0. The summed E-state index contributed by atoms with van der Waals surface area (Å²) in [6, 6.07) is 13.1. The molecule has 31 heavy (non-hydrogen) atoms. The molecule has 0 saturated carbocycles. The lowest BCUT2D eigenvalue weighted by Gasteiger charge is -2.19. The average molecular weight is 441 g/mol. The predicted octanol–water partition coefficient (Wildman–Crippen LogP) is 3.69. The number of carbonyl (C=O) groups excluding carboxylic acids is 1. The van der Waals surface area contributed by atoms with Crippen LogP contribution in [0.25, 0.3) is 0 Å². The van der Waals surface area contributed by atoms with E-state index < -0.39 is 16.1 Å². The Morgan fingerprint density at radius 3 is 2.35 bits per heavy atom. The zero-order valence-electron chi connectivity index (χ0n) is 17.5. The summed E-state index contributed by atoms with van der Waals surface area (Å²) in [4.78, 5) is 20.4. The van der Waals surface area contributed by atoms with Crippen molar-refractivity contribution in [1.29, 1.82) is 0 Å². The Kier molecular flexibility index (Phi) is 6.86. The molecule has 1 atom stereocenters. The molecule has 0 bridgehead atoms.